The number of nitrogens with one attached hydrogen (secondary N) is 1. The van der Waals surface area contributed by atoms with E-state index >= 15 is 0 Å². The molecule has 1 saturated heterocycles. The quantitative estimate of drug-likeness (QED) is 0.866. The van der Waals surface area contributed by atoms with Crippen molar-refractivity contribution in [3.05, 3.63) is 35.4 Å². The molecule has 0 spiro atoms. The molecule has 1 aromatic carbocycles. The lowest BCUT2D eigenvalue weighted by atomic mass is 9.86. The van der Waals surface area contributed by atoms with Crippen LogP contribution in [0.3, 0.4) is 0 Å². The number of aryl methyl sites for hydroxylation is 1. The maximum Gasteiger partial charge on any atom is 0.212 e. The van der Waals surface area contributed by atoms with Crippen LogP contribution in [-0.4, -0.2) is 40.1 Å². The summed E-state index contributed by atoms with van der Waals surface area (Å²) >= 11 is 0. The number of benzene rings is 1. The summed E-state index contributed by atoms with van der Waals surface area (Å²) in [6.07, 6.45) is 0.779. The standard InChI is InChI=1S/C16H25NO4S2/c1-16(2,3)14-6-4-13(5-7-14)8-11-23(20,21)17-15-9-10-22(18,19)12-15/h4-7,15,17H,8-12H2,1-3H3. The van der Waals surface area contributed by atoms with Crippen LogP contribution in [0.5, 0.6) is 0 Å². The summed E-state index contributed by atoms with van der Waals surface area (Å²) in [4.78, 5) is 0. The molecule has 23 heavy (non-hydrogen) atoms. The molecule has 1 heterocycles. The molecule has 0 amide bonds. The number of hydrogen-bond acceptors (Lipinski definition) is 4. The van der Waals surface area contributed by atoms with E-state index in [0.717, 1.165) is 5.56 Å². The van der Waals surface area contributed by atoms with E-state index in [1.54, 1.807) is 0 Å². The Kier molecular flexibility index (Phi) is 5.23. The third kappa shape index (κ3) is 5.58. The lowest BCUT2D eigenvalue weighted by Crippen LogP contribution is -2.37. The van der Waals surface area contributed by atoms with Crippen molar-refractivity contribution in [3.63, 3.8) is 0 Å². The first-order valence-corrected chi connectivity index (χ1v) is 11.2. The molecule has 5 nitrogen and oxygen atoms in total. The molecule has 1 aromatic rings. The predicted molar refractivity (Wildman–Crippen MR) is 92.8 cm³/mol. The van der Waals surface area contributed by atoms with Gasteiger partial charge in [-0.15, -0.1) is 0 Å². The summed E-state index contributed by atoms with van der Waals surface area (Å²) in [5, 5.41) is 0. The Morgan fingerprint density at radius 2 is 1.78 bits per heavy atom. The van der Waals surface area contributed by atoms with E-state index in [1.165, 1.54) is 5.56 Å². The molecule has 0 saturated carbocycles. The SMILES string of the molecule is CC(C)(C)c1ccc(CCS(=O)(=O)NC2CCS(=O)(=O)C2)cc1. The Labute approximate surface area is 139 Å². The van der Waals surface area contributed by atoms with Crippen molar-refractivity contribution in [1.82, 2.24) is 4.72 Å². The fourth-order valence-electron chi connectivity index (χ4n) is 2.62. The topological polar surface area (TPSA) is 80.3 Å². The maximum atomic E-state index is 12.1. The van der Waals surface area contributed by atoms with Crippen LogP contribution in [0.2, 0.25) is 0 Å². The van der Waals surface area contributed by atoms with Crippen LogP contribution in [0, 0.1) is 0 Å². The Morgan fingerprint density at radius 3 is 2.26 bits per heavy atom. The number of sulfone groups is 1. The molecule has 0 bridgehead atoms. The fraction of sp³-hybridized carbons (Fsp3) is 0.625. The molecule has 1 atom stereocenters. The van der Waals surface area contributed by atoms with Crippen molar-refractivity contribution in [2.24, 2.45) is 0 Å². The van der Waals surface area contributed by atoms with Crippen molar-refractivity contribution in [3.8, 4) is 0 Å². The summed E-state index contributed by atoms with van der Waals surface area (Å²) in [6.45, 7) is 6.39. The van der Waals surface area contributed by atoms with Crippen LogP contribution < -0.4 is 4.72 Å². The highest BCUT2D eigenvalue weighted by Crippen LogP contribution is 2.22. The van der Waals surface area contributed by atoms with Crippen LogP contribution in [0.25, 0.3) is 0 Å². The molecule has 1 aliphatic rings. The zero-order valence-corrected chi connectivity index (χ0v) is 15.5. The average molecular weight is 360 g/mol. The summed E-state index contributed by atoms with van der Waals surface area (Å²) < 4.78 is 49.5. The Balaban J connectivity index is 1.92. The fourth-order valence-corrected chi connectivity index (χ4v) is 5.73. The summed E-state index contributed by atoms with van der Waals surface area (Å²) in [7, 11) is -6.55. The van der Waals surface area contributed by atoms with Gasteiger partial charge in [0.15, 0.2) is 9.84 Å². The second-order valence-electron chi connectivity index (χ2n) is 7.23. The average Bonchev–Trinajstić information content (AvgIpc) is 2.74. The highest BCUT2D eigenvalue weighted by molar-refractivity contribution is 7.92. The second kappa shape index (κ2) is 6.53. The summed E-state index contributed by atoms with van der Waals surface area (Å²) in [5.74, 6) is -0.0562. The number of rotatable bonds is 5. The minimum Gasteiger partial charge on any atom is -0.229 e. The third-order valence-corrected chi connectivity index (χ3v) is 7.26. The van der Waals surface area contributed by atoms with E-state index < -0.39 is 25.9 Å². The van der Waals surface area contributed by atoms with Crippen LogP contribution in [0.1, 0.15) is 38.3 Å². The van der Waals surface area contributed by atoms with Crippen LogP contribution in [0.4, 0.5) is 0 Å². The normalized spacial score (nSPS) is 21.4. The lowest BCUT2D eigenvalue weighted by Gasteiger charge is -2.19. The molecule has 0 radical (unpaired) electrons. The summed E-state index contributed by atoms with van der Waals surface area (Å²) in [6, 6.07) is 7.48. The molecular formula is C16H25NO4S2. The first-order chi connectivity index (χ1) is 10.5. The largest absolute Gasteiger partial charge is 0.229 e. The van der Waals surface area contributed by atoms with E-state index in [0.29, 0.717) is 12.8 Å². The Morgan fingerprint density at radius 1 is 1.17 bits per heavy atom. The van der Waals surface area contributed by atoms with Crippen molar-refractivity contribution >= 4 is 19.9 Å². The van der Waals surface area contributed by atoms with Crippen LogP contribution >= 0.6 is 0 Å². The Hall–Kier alpha value is -0.920. The van der Waals surface area contributed by atoms with Gasteiger partial charge in [0.05, 0.1) is 17.3 Å². The zero-order valence-electron chi connectivity index (χ0n) is 13.9. The number of hydrogen-bond donors (Lipinski definition) is 1. The molecule has 1 fully saturated rings. The van der Waals surface area contributed by atoms with Crippen molar-refractivity contribution in [2.75, 3.05) is 17.3 Å². The van der Waals surface area contributed by atoms with E-state index in [4.69, 9.17) is 0 Å². The molecule has 2 rings (SSSR count). The van der Waals surface area contributed by atoms with Gasteiger partial charge in [0.25, 0.3) is 0 Å². The smallest absolute Gasteiger partial charge is 0.212 e. The second-order valence-corrected chi connectivity index (χ2v) is 11.3. The van der Waals surface area contributed by atoms with Crippen molar-refractivity contribution in [1.29, 1.82) is 0 Å². The molecule has 0 aromatic heterocycles. The van der Waals surface area contributed by atoms with Crippen LogP contribution in [0.15, 0.2) is 24.3 Å². The predicted octanol–water partition coefficient (Wildman–Crippen LogP) is 1.63. The Bertz CT molecular complexity index is 744. The van der Waals surface area contributed by atoms with Gasteiger partial charge in [-0.2, -0.15) is 0 Å². The monoisotopic (exact) mass is 359 g/mol. The van der Waals surface area contributed by atoms with Gasteiger partial charge < -0.3 is 0 Å². The lowest BCUT2D eigenvalue weighted by molar-refractivity contribution is 0.561. The molecule has 1 N–H and O–H groups in total. The first kappa shape index (κ1) is 18.4. The van der Waals surface area contributed by atoms with Gasteiger partial charge in [-0.1, -0.05) is 45.0 Å². The molecule has 1 unspecified atom stereocenters. The molecule has 130 valence electrons. The van der Waals surface area contributed by atoms with E-state index in [2.05, 4.69) is 25.5 Å². The molecule has 1 aliphatic heterocycles. The summed E-state index contributed by atoms with van der Waals surface area (Å²) in [5.41, 5.74) is 2.24. The molecular weight excluding hydrogens is 334 g/mol. The van der Waals surface area contributed by atoms with Gasteiger partial charge in [-0.3, -0.25) is 0 Å². The number of sulfonamides is 1. The maximum absolute atomic E-state index is 12.1. The van der Waals surface area contributed by atoms with Gasteiger partial charge in [0.2, 0.25) is 10.0 Å². The minimum atomic E-state index is -3.47. The molecule has 7 heteroatoms. The van der Waals surface area contributed by atoms with Gasteiger partial charge in [0, 0.05) is 6.04 Å². The van der Waals surface area contributed by atoms with E-state index in [9.17, 15) is 16.8 Å². The van der Waals surface area contributed by atoms with Gasteiger partial charge in [-0.05, 0) is 29.4 Å². The first-order valence-electron chi connectivity index (χ1n) is 7.77. The highest BCUT2D eigenvalue weighted by Gasteiger charge is 2.30. The zero-order chi connectivity index (χ0) is 17.3. The van der Waals surface area contributed by atoms with E-state index in [1.807, 2.05) is 24.3 Å². The van der Waals surface area contributed by atoms with Gasteiger partial charge in [0.1, 0.15) is 0 Å². The van der Waals surface area contributed by atoms with E-state index in [-0.39, 0.29) is 22.7 Å². The third-order valence-electron chi connectivity index (χ3n) is 4.06. The van der Waals surface area contributed by atoms with Crippen molar-refractivity contribution < 1.29 is 16.8 Å². The minimum absolute atomic E-state index is 0.0294. The molecule has 0 aliphatic carbocycles. The van der Waals surface area contributed by atoms with Crippen molar-refractivity contribution in [2.45, 2.75) is 45.1 Å². The van der Waals surface area contributed by atoms with Gasteiger partial charge >= 0.3 is 0 Å². The van der Waals surface area contributed by atoms with Gasteiger partial charge in [-0.25, -0.2) is 21.6 Å². The highest BCUT2D eigenvalue weighted by atomic mass is 32.2. The van der Waals surface area contributed by atoms with Crippen LogP contribution in [-0.2, 0) is 31.7 Å².